The fourth-order valence-electron chi connectivity index (χ4n) is 3.68. The summed E-state index contributed by atoms with van der Waals surface area (Å²) >= 11 is 0. The molecule has 1 amide bonds. The lowest BCUT2D eigenvalue weighted by Gasteiger charge is -2.24. The molecule has 2 heterocycles. The van der Waals surface area contributed by atoms with Gasteiger partial charge in [-0.3, -0.25) is 4.79 Å². The van der Waals surface area contributed by atoms with Crippen molar-refractivity contribution in [2.75, 3.05) is 20.2 Å². The molecule has 0 saturated carbocycles. The molecule has 1 atom stereocenters. The van der Waals surface area contributed by atoms with Crippen LogP contribution in [0.4, 0.5) is 0 Å². The number of amides is 1. The molecule has 0 aliphatic carbocycles. The Morgan fingerprint density at radius 2 is 1.86 bits per heavy atom. The van der Waals surface area contributed by atoms with E-state index in [0.717, 1.165) is 37.2 Å². The van der Waals surface area contributed by atoms with Gasteiger partial charge in [0, 0.05) is 19.0 Å². The summed E-state index contributed by atoms with van der Waals surface area (Å²) in [4.78, 5) is 16.5. The maximum atomic E-state index is 13.1. The SMILES string of the molecule is COc1ccc([C@@H]2CCCCN(C(=O)c3cnn(-c4ccccc4)n3)C2)cc1. The minimum atomic E-state index is -0.0532. The normalized spacial score (nSPS) is 17.2. The Kier molecular flexibility index (Phi) is 5.37. The first-order chi connectivity index (χ1) is 13.7. The number of methoxy groups -OCH3 is 1. The third kappa shape index (κ3) is 3.91. The number of benzene rings is 2. The molecule has 0 unspecified atom stereocenters. The summed E-state index contributed by atoms with van der Waals surface area (Å²) in [5, 5.41) is 8.67. The quantitative estimate of drug-likeness (QED) is 0.697. The second kappa shape index (κ2) is 8.25. The number of carbonyl (C=O) groups is 1. The van der Waals surface area contributed by atoms with Crippen molar-refractivity contribution in [1.82, 2.24) is 19.9 Å². The smallest absolute Gasteiger partial charge is 0.276 e. The van der Waals surface area contributed by atoms with Crippen LogP contribution in [0.1, 0.15) is 41.2 Å². The first kappa shape index (κ1) is 18.2. The number of hydrogen-bond donors (Lipinski definition) is 0. The van der Waals surface area contributed by atoms with E-state index in [-0.39, 0.29) is 5.91 Å². The van der Waals surface area contributed by atoms with E-state index in [2.05, 4.69) is 22.3 Å². The second-order valence-electron chi connectivity index (χ2n) is 7.07. The summed E-state index contributed by atoms with van der Waals surface area (Å²) < 4.78 is 5.26. The summed E-state index contributed by atoms with van der Waals surface area (Å²) in [5.74, 6) is 1.12. The number of ether oxygens (including phenoxy) is 1. The van der Waals surface area contributed by atoms with Gasteiger partial charge in [-0.25, -0.2) is 0 Å². The first-order valence-electron chi connectivity index (χ1n) is 9.65. The second-order valence-corrected chi connectivity index (χ2v) is 7.07. The molecule has 1 aliphatic rings. The van der Waals surface area contributed by atoms with Gasteiger partial charge in [0.2, 0.25) is 0 Å². The van der Waals surface area contributed by atoms with Gasteiger partial charge in [0.1, 0.15) is 5.75 Å². The van der Waals surface area contributed by atoms with Crippen LogP contribution in [0, 0.1) is 0 Å². The predicted octanol–water partition coefficient (Wildman–Crippen LogP) is 3.69. The molecule has 0 spiro atoms. The Bertz CT molecular complexity index is 921. The maximum Gasteiger partial charge on any atom is 0.276 e. The average Bonchev–Trinajstić information content (AvgIpc) is 3.12. The van der Waals surface area contributed by atoms with Gasteiger partial charge in [-0.1, -0.05) is 36.8 Å². The van der Waals surface area contributed by atoms with Gasteiger partial charge in [0.05, 0.1) is 19.0 Å². The Hall–Kier alpha value is -3.15. The fraction of sp³-hybridized carbons (Fsp3) is 0.318. The molecule has 0 radical (unpaired) electrons. The van der Waals surface area contributed by atoms with Crippen LogP contribution in [0.15, 0.2) is 60.8 Å². The van der Waals surface area contributed by atoms with Crippen molar-refractivity contribution in [3.8, 4) is 11.4 Å². The summed E-state index contributed by atoms with van der Waals surface area (Å²) in [7, 11) is 1.67. The molecule has 1 fully saturated rings. The molecule has 1 aromatic heterocycles. The highest BCUT2D eigenvalue weighted by molar-refractivity contribution is 5.92. The lowest BCUT2D eigenvalue weighted by atomic mass is 9.94. The van der Waals surface area contributed by atoms with E-state index in [1.165, 1.54) is 10.4 Å². The number of carbonyl (C=O) groups excluding carboxylic acids is 1. The zero-order valence-corrected chi connectivity index (χ0v) is 16.0. The third-order valence-electron chi connectivity index (χ3n) is 5.24. The van der Waals surface area contributed by atoms with E-state index in [1.54, 1.807) is 13.3 Å². The van der Waals surface area contributed by atoms with Gasteiger partial charge in [0.25, 0.3) is 5.91 Å². The van der Waals surface area contributed by atoms with Crippen molar-refractivity contribution in [3.05, 3.63) is 72.1 Å². The molecule has 144 valence electrons. The maximum absolute atomic E-state index is 13.1. The van der Waals surface area contributed by atoms with Crippen LogP contribution >= 0.6 is 0 Å². The molecule has 0 N–H and O–H groups in total. The van der Waals surface area contributed by atoms with Crippen LogP contribution in [-0.4, -0.2) is 46.0 Å². The minimum Gasteiger partial charge on any atom is -0.497 e. The topological polar surface area (TPSA) is 60.2 Å². The highest BCUT2D eigenvalue weighted by Crippen LogP contribution is 2.28. The molecule has 3 aromatic rings. The van der Waals surface area contributed by atoms with Crippen molar-refractivity contribution in [2.45, 2.75) is 25.2 Å². The zero-order valence-electron chi connectivity index (χ0n) is 16.0. The van der Waals surface area contributed by atoms with Crippen molar-refractivity contribution in [2.24, 2.45) is 0 Å². The molecule has 28 heavy (non-hydrogen) atoms. The van der Waals surface area contributed by atoms with Crippen molar-refractivity contribution in [3.63, 3.8) is 0 Å². The van der Waals surface area contributed by atoms with Crippen LogP contribution in [0.5, 0.6) is 5.75 Å². The van der Waals surface area contributed by atoms with Crippen LogP contribution in [0.2, 0.25) is 0 Å². The molecular formula is C22H24N4O2. The van der Waals surface area contributed by atoms with Gasteiger partial charge >= 0.3 is 0 Å². The van der Waals surface area contributed by atoms with E-state index in [9.17, 15) is 4.79 Å². The summed E-state index contributed by atoms with van der Waals surface area (Å²) in [6.07, 6.45) is 4.75. The Labute approximate surface area is 164 Å². The van der Waals surface area contributed by atoms with E-state index in [1.807, 2.05) is 47.4 Å². The number of aromatic nitrogens is 3. The summed E-state index contributed by atoms with van der Waals surface area (Å²) in [6, 6.07) is 17.8. The average molecular weight is 376 g/mol. The van der Waals surface area contributed by atoms with Gasteiger partial charge in [0.15, 0.2) is 5.69 Å². The van der Waals surface area contributed by atoms with E-state index >= 15 is 0 Å². The predicted molar refractivity (Wildman–Crippen MR) is 107 cm³/mol. The largest absolute Gasteiger partial charge is 0.497 e. The molecule has 1 aliphatic heterocycles. The molecule has 2 aromatic carbocycles. The molecule has 6 heteroatoms. The van der Waals surface area contributed by atoms with Gasteiger partial charge in [-0.2, -0.15) is 9.90 Å². The molecular weight excluding hydrogens is 352 g/mol. The van der Waals surface area contributed by atoms with Gasteiger partial charge < -0.3 is 9.64 Å². The minimum absolute atomic E-state index is 0.0532. The Balaban J connectivity index is 1.51. The number of para-hydroxylation sites is 1. The Morgan fingerprint density at radius 3 is 2.61 bits per heavy atom. The fourth-order valence-corrected chi connectivity index (χ4v) is 3.68. The van der Waals surface area contributed by atoms with Crippen molar-refractivity contribution in [1.29, 1.82) is 0 Å². The monoisotopic (exact) mass is 376 g/mol. The zero-order chi connectivity index (χ0) is 19.3. The van der Waals surface area contributed by atoms with E-state index < -0.39 is 0 Å². The molecule has 6 nitrogen and oxygen atoms in total. The lowest BCUT2D eigenvalue weighted by molar-refractivity contribution is 0.0748. The third-order valence-corrected chi connectivity index (χ3v) is 5.24. The van der Waals surface area contributed by atoms with Crippen molar-refractivity contribution >= 4 is 5.91 Å². The van der Waals surface area contributed by atoms with E-state index in [0.29, 0.717) is 18.2 Å². The van der Waals surface area contributed by atoms with Gasteiger partial charge in [-0.05, 0) is 42.7 Å². The van der Waals surface area contributed by atoms with Crippen LogP contribution in [0.3, 0.4) is 0 Å². The lowest BCUT2D eigenvalue weighted by Crippen LogP contribution is -2.34. The first-order valence-corrected chi connectivity index (χ1v) is 9.65. The summed E-state index contributed by atoms with van der Waals surface area (Å²) in [6.45, 7) is 1.45. The number of rotatable bonds is 4. The van der Waals surface area contributed by atoms with Gasteiger partial charge in [-0.15, -0.1) is 5.10 Å². The standard InChI is InChI=1S/C22H24N4O2/c1-28-20-12-10-17(11-13-20)18-7-5-6-14-25(16-18)22(27)21-15-23-26(24-21)19-8-3-2-4-9-19/h2-4,8-13,15,18H,5-7,14,16H2,1H3/t18-/m1/s1. The van der Waals surface area contributed by atoms with E-state index in [4.69, 9.17) is 4.74 Å². The van der Waals surface area contributed by atoms with Crippen LogP contribution in [-0.2, 0) is 0 Å². The summed E-state index contributed by atoms with van der Waals surface area (Å²) in [5.41, 5.74) is 2.47. The van der Waals surface area contributed by atoms with Crippen LogP contribution in [0.25, 0.3) is 5.69 Å². The number of nitrogens with zero attached hydrogens (tertiary/aromatic N) is 4. The Morgan fingerprint density at radius 1 is 1.07 bits per heavy atom. The molecule has 4 rings (SSSR count). The highest BCUT2D eigenvalue weighted by Gasteiger charge is 2.25. The molecule has 1 saturated heterocycles. The van der Waals surface area contributed by atoms with Crippen LogP contribution < -0.4 is 4.74 Å². The number of hydrogen-bond acceptors (Lipinski definition) is 4. The highest BCUT2D eigenvalue weighted by atomic mass is 16.5. The molecule has 0 bridgehead atoms. The number of likely N-dealkylation sites (tertiary alicyclic amines) is 1. The van der Waals surface area contributed by atoms with Crippen molar-refractivity contribution < 1.29 is 9.53 Å².